The van der Waals surface area contributed by atoms with E-state index >= 15 is 0 Å². The zero-order valence-electron chi connectivity index (χ0n) is 11.6. The van der Waals surface area contributed by atoms with Crippen LogP contribution in [0.25, 0.3) is 0 Å². The third kappa shape index (κ3) is 7.53. The normalized spacial score (nSPS) is 16.8. The largest absolute Gasteiger partial charge is 0.389 e. The molecule has 0 aromatic rings. The molecule has 0 bridgehead atoms. The molecule has 1 heterocycles. The number of aliphatic hydroxyl groups excluding tert-OH is 1. The number of ketones is 1. The van der Waals surface area contributed by atoms with Crippen LogP contribution in [0.1, 0.15) is 26.7 Å². The van der Waals surface area contributed by atoms with Crippen LogP contribution in [0.2, 0.25) is 0 Å². The molecule has 0 aliphatic carbocycles. The molecular weight excluding hydrogens is 232 g/mol. The predicted molar refractivity (Wildman–Crippen MR) is 71.6 cm³/mol. The predicted octanol–water partition coefficient (Wildman–Crippen LogP) is 0.171. The molecule has 18 heavy (non-hydrogen) atoms. The van der Waals surface area contributed by atoms with Gasteiger partial charge in [-0.25, -0.2) is 0 Å². The van der Waals surface area contributed by atoms with Gasteiger partial charge in [0.1, 0.15) is 12.9 Å². The summed E-state index contributed by atoms with van der Waals surface area (Å²) < 4.78 is 0. The van der Waals surface area contributed by atoms with Gasteiger partial charge in [0, 0.05) is 52.1 Å². The second-order valence-electron chi connectivity index (χ2n) is 4.09. The molecule has 0 saturated carbocycles. The number of carbonyl (C=O) groups excluding carboxylic acids is 2. The quantitative estimate of drug-likeness (QED) is 0.660. The van der Waals surface area contributed by atoms with Gasteiger partial charge in [0.15, 0.2) is 5.78 Å². The minimum Gasteiger partial charge on any atom is -0.389 e. The van der Waals surface area contributed by atoms with Crippen LogP contribution in [0.3, 0.4) is 0 Å². The standard InChI is InChI=1S/C11H20N2O3.C2H6/c14-9-1-3-12-5-7-13(8-6-12)4-2-11(16)10-15;1-2/h9,15H,1-8,10H2;1-2H3. The summed E-state index contributed by atoms with van der Waals surface area (Å²) in [7, 11) is 0. The Hall–Kier alpha value is -0.780. The van der Waals surface area contributed by atoms with E-state index in [4.69, 9.17) is 5.11 Å². The third-order valence-corrected chi connectivity index (χ3v) is 2.91. The van der Waals surface area contributed by atoms with Crippen LogP contribution in [-0.4, -0.2) is 72.9 Å². The van der Waals surface area contributed by atoms with Gasteiger partial charge in [-0.3, -0.25) is 4.79 Å². The van der Waals surface area contributed by atoms with Gasteiger partial charge < -0.3 is 19.7 Å². The van der Waals surface area contributed by atoms with E-state index in [1.54, 1.807) is 0 Å². The highest BCUT2D eigenvalue weighted by molar-refractivity contribution is 5.79. The molecule has 106 valence electrons. The first-order valence-corrected chi connectivity index (χ1v) is 6.77. The minimum atomic E-state index is -0.348. The summed E-state index contributed by atoms with van der Waals surface area (Å²) in [5.41, 5.74) is 0. The van der Waals surface area contributed by atoms with E-state index in [2.05, 4.69) is 9.80 Å². The van der Waals surface area contributed by atoms with Crippen molar-refractivity contribution in [2.45, 2.75) is 26.7 Å². The van der Waals surface area contributed by atoms with Crippen molar-refractivity contribution in [2.24, 2.45) is 0 Å². The molecule has 0 spiro atoms. The molecule has 5 nitrogen and oxygen atoms in total. The molecule has 0 aromatic heterocycles. The Morgan fingerprint density at radius 3 is 2.06 bits per heavy atom. The fourth-order valence-corrected chi connectivity index (χ4v) is 1.83. The molecule has 1 aliphatic rings. The molecule has 1 rings (SSSR count). The molecule has 0 radical (unpaired) electrons. The second kappa shape index (κ2) is 11.3. The summed E-state index contributed by atoms with van der Waals surface area (Å²) >= 11 is 0. The average Bonchev–Trinajstić information content (AvgIpc) is 2.45. The summed E-state index contributed by atoms with van der Waals surface area (Å²) in [4.78, 5) is 25.6. The molecule has 1 aliphatic heterocycles. The monoisotopic (exact) mass is 258 g/mol. The van der Waals surface area contributed by atoms with E-state index in [0.717, 1.165) is 45.6 Å². The molecule has 1 saturated heterocycles. The fourth-order valence-electron chi connectivity index (χ4n) is 1.83. The van der Waals surface area contributed by atoms with E-state index in [1.807, 2.05) is 13.8 Å². The van der Waals surface area contributed by atoms with Gasteiger partial charge in [-0.05, 0) is 0 Å². The summed E-state index contributed by atoms with van der Waals surface area (Å²) in [5, 5.41) is 8.59. The number of aldehydes is 1. The van der Waals surface area contributed by atoms with Gasteiger partial charge >= 0.3 is 0 Å². The maximum Gasteiger partial charge on any atom is 0.159 e. The Morgan fingerprint density at radius 2 is 1.61 bits per heavy atom. The summed E-state index contributed by atoms with van der Waals surface area (Å²) in [6.45, 7) is 9.03. The maximum atomic E-state index is 10.9. The average molecular weight is 258 g/mol. The highest BCUT2D eigenvalue weighted by atomic mass is 16.3. The van der Waals surface area contributed by atoms with Crippen LogP contribution >= 0.6 is 0 Å². The first-order chi connectivity index (χ1) is 8.76. The van der Waals surface area contributed by atoms with Gasteiger partial charge in [0.05, 0.1) is 0 Å². The van der Waals surface area contributed by atoms with E-state index in [1.165, 1.54) is 0 Å². The Kier molecular flexibility index (Phi) is 10.8. The summed E-state index contributed by atoms with van der Waals surface area (Å²) in [6, 6.07) is 0. The molecule has 1 fully saturated rings. The number of aliphatic hydroxyl groups is 1. The molecule has 0 aromatic carbocycles. The number of carbonyl (C=O) groups is 2. The van der Waals surface area contributed by atoms with Gasteiger partial charge in [0.25, 0.3) is 0 Å². The summed E-state index contributed by atoms with van der Waals surface area (Å²) in [5.74, 6) is -0.0941. The maximum absolute atomic E-state index is 10.9. The number of hydrogen-bond acceptors (Lipinski definition) is 5. The van der Waals surface area contributed by atoms with Crippen molar-refractivity contribution in [3.8, 4) is 0 Å². The van der Waals surface area contributed by atoms with Crippen molar-refractivity contribution in [3.63, 3.8) is 0 Å². The van der Waals surface area contributed by atoms with Gasteiger partial charge in [-0.15, -0.1) is 0 Å². The lowest BCUT2D eigenvalue weighted by molar-refractivity contribution is -0.122. The zero-order valence-corrected chi connectivity index (χ0v) is 11.6. The van der Waals surface area contributed by atoms with Crippen molar-refractivity contribution in [1.29, 1.82) is 0 Å². The van der Waals surface area contributed by atoms with Crippen molar-refractivity contribution in [1.82, 2.24) is 9.80 Å². The molecule has 0 atom stereocenters. The van der Waals surface area contributed by atoms with E-state index in [9.17, 15) is 9.59 Å². The second-order valence-corrected chi connectivity index (χ2v) is 4.09. The fraction of sp³-hybridized carbons (Fsp3) is 0.846. The van der Waals surface area contributed by atoms with Crippen LogP contribution < -0.4 is 0 Å². The van der Waals surface area contributed by atoms with Crippen LogP contribution in [0.5, 0.6) is 0 Å². The highest BCUT2D eigenvalue weighted by Crippen LogP contribution is 2.02. The van der Waals surface area contributed by atoms with E-state index in [0.29, 0.717) is 12.8 Å². The topological polar surface area (TPSA) is 60.9 Å². The van der Waals surface area contributed by atoms with Gasteiger partial charge in [0.2, 0.25) is 0 Å². The van der Waals surface area contributed by atoms with Crippen LogP contribution in [0.15, 0.2) is 0 Å². The minimum absolute atomic E-state index is 0.0941. The smallest absolute Gasteiger partial charge is 0.159 e. The van der Waals surface area contributed by atoms with Crippen LogP contribution in [0.4, 0.5) is 0 Å². The highest BCUT2D eigenvalue weighted by Gasteiger charge is 2.16. The van der Waals surface area contributed by atoms with Gasteiger partial charge in [-0.1, -0.05) is 13.8 Å². The lowest BCUT2D eigenvalue weighted by atomic mass is 10.2. The molecule has 0 unspecified atom stereocenters. The number of piperazine rings is 1. The van der Waals surface area contributed by atoms with Crippen molar-refractivity contribution in [3.05, 3.63) is 0 Å². The Morgan fingerprint density at radius 1 is 1.11 bits per heavy atom. The van der Waals surface area contributed by atoms with Crippen LogP contribution in [0, 0.1) is 0 Å². The Bertz CT molecular complexity index is 226. The van der Waals surface area contributed by atoms with Crippen molar-refractivity contribution < 1.29 is 14.7 Å². The lowest BCUT2D eigenvalue weighted by Crippen LogP contribution is -2.47. The third-order valence-electron chi connectivity index (χ3n) is 2.91. The number of nitrogens with zero attached hydrogens (tertiary/aromatic N) is 2. The Labute approximate surface area is 110 Å². The van der Waals surface area contributed by atoms with E-state index < -0.39 is 0 Å². The summed E-state index contributed by atoms with van der Waals surface area (Å²) in [6.07, 6.45) is 1.99. The number of Topliss-reactive ketones (excluding diaryl/α,β-unsaturated/α-hetero) is 1. The first kappa shape index (κ1) is 17.2. The van der Waals surface area contributed by atoms with Crippen molar-refractivity contribution in [2.75, 3.05) is 45.9 Å². The number of hydrogen-bond donors (Lipinski definition) is 1. The molecule has 0 amide bonds. The zero-order chi connectivity index (χ0) is 13.8. The molecule has 1 N–H and O–H groups in total. The molecular formula is C13H26N2O3. The van der Waals surface area contributed by atoms with E-state index in [-0.39, 0.29) is 12.4 Å². The SMILES string of the molecule is CC.O=CCCN1CCN(CCC(=O)CO)CC1. The number of rotatable bonds is 7. The van der Waals surface area contributed by atoms with Gasteiger partial charge in [-0.2, -0.15) is 0 Å². The molecule has 5 heteroatoms. The van der Waals surface area contributed by atoms with Crippen molar-refractivity contribution >= 4 is 12.1 Å². The van der Waals surface area contributed by atoms with Crippen LogP contribution in [-0.2, 0) is 9.59 Å². The lowest BCUT2D eigenvalue weighted by Gasteiger charge is -2.34. The Balaban J connectivity index is 0.00000137. The first-order valence-electron chi connectivity index (χ1n) is 6.77.